The highest BCUT2D eigenvalue weighted by molar-refractivity contribution is 5.99. The van der Waals surface area contributed by atoms with Crippen LogP contribution in [-0.4, -0.2) is 93.6 Å². The van der Waals surface area contributed by atoms with Crippen LogP contribution in [0.25, 0.3) is 0 Å². The van der Waals surface area contributed by atoms with E-state index in [9.17, 15) is 19.5 Å². The average molecular weight is 504 g/mol. The van der Waals surface area contributed by atoms with Crippen molar-refractivity contribution in [3.63, 3.8) is 0 Å². The number of aliphatic hydroxyl groups excluding tert-OH is 1. The molecule has 3 amide bonds. The molecule has 0 aromatic heterocycles. The number of ether oxygens (including phenoxy) is 1. The van der Waals surface area contributed by atoms with Gasteiger partial charge in [0, 0.05) is 26.2 Å². The highest BCUT2D eigenvalue weighted by atomic mass is 16.5. The number of rotatable bonds is 12. The molecule has 8 nitrogen and oxygen atoms in total. The minimum Gasteiger partial charge on any atom is -0.394 e. The summed E-state index contributed by atoms with van der Waals surface area (Å²) in [7, 11) is 1.71. The molecule has 3 saturated heterocycles. The Bertz CT molecular complexity index is 888. The number of likely N-dealkylation sites (N-methyl/N-ethyl adjacent to an activating group) is 1. The number of hydrogen-bond acceptors (Lipinski definition) is 5. The SMILES string of the molecule is C=CCN(C)C(=O)[C@@H]1[C@H]2C(=O)N([C@@H](CC)CO)C(C(=O)N(CC=C)C(C)CCC)C23CC(C)[C@@]1(C)O3. The van der Waals surface area contributed by atoms with E-state index in [1.165, 1.54) is 0 Å². The quantitative estimate of drug-likeness (QED) is 0.414. The van der Waals surface area contributed by atoms with Crippen LogP contribution in [0.2, 0.25) is 0 Å². The topological polar surface area (TPSA) is 90.4 Å². The number of amides is 3. The highest BCUT2D eigenvalue weighted by Gasteiger charge is 2.80. The van der Waals surface area contributed by atoms with Gasteiger partial charge < -0.3 is 24.5 Å². The molecule has 1 N–H and O–H groups in total. The van der Waals surface area contributed by atoms with Gasteiger partial charge in [0.1, 0.15) is 11.6 Å². The van der Waals surface area contributed by atoms with E-state index in [0.717, 1.165) is 12.8 Å². The van der Waals surface area contributed by atoms with Crippen molar-refractivity contribution in [2.24, 2.45) is 17.8 Å². The van der Waals surface area contributed by atoms with Crippen LogP contribution in [0.3, 0.4) is 0 Å². The molecule has 0 aromatic carbocycles. The zero-order valence-electron chi connectivity index (χ0n) is 22.9. The molecular formula is C28H45N3O5. The molecule has 0 aromatic rings. The second kappa shape index (κ2) is 10.7. The Labute approximate surface area is 216 Å². The van der Waals surface area contributed by atoms with Crippen molar-refractivity contribution in [2.45, 2.75) is 89.6 Å². The zero-order valence-corrected chi connectivity index (χ0v) is 22.9. The average Bonchev–Trinajstić information content (AvgIpc) is 3.35. The summed E-state index contributed by atoms with van der Waals surface area (Å²) in [4.78, 5) is 47.3. The fourth-order valence-electron chi connectivity index (χ4n) is 7.02. The number of carbonyl (C=O) groups excluding carboxylic acids is 3. The molecule has 36 heavy (non-hydrogen) atoms. The summed E-state index contributed by atoms with van der Waals surface area (Å²) in [5.41, 5.74) is -1.98. The Kier molecular flexibility index (Phi) is 8.40. The number of carbonyl (C=O) groups is 3. The minimum absolute atomic E-state index is 0.0296. The van der Waals surface area contributed by atoms with E-state index in [-0.39, 0.29) is 36.3 Å². The number of aliphatic hydroxyl groups is 1. The molecule has 3 fully saturated rings. The van der Waals surface area contributed by atoms with Gasteiger partial charge in [0.2, 0.25) is 17.7 Å². The van der Waals surface area contributed by atoms with E-state index in [2.05, 4.69) is 20.1 Å². The Hall–Kier alpha value is -2.19. The summed E-state index contributed by atoms with van der Waals surface area (Å²) < 4.78 is 6.80. The maximum absolute atomic E-state index is 14.4. The Morgan fingerprint density at radius 3 is 2.42 bits per heavy atom. The van der Waals surface area contributed by atoms with Crippen LogP contribution in [0.5, 0.6) is 0 Å². The molecule has 8 atom stereocenters. The highest BCUT2D eigenvalue weighted by Crippen LogP contribution is 2.65. The molecule has 4 unspecified atom stereocenters. The van der Waals surface area contributed by atoms with E-state index in [1.807, 2.05) is 27.7 Å². The maximum atomic E-state index is 14.4. The fraction of sp³-hybridized carbons (Fsp3) is 0.750. The Balaban J connectivity index is 2.18. The van der Waals surface area contributed by atoms with Gasteiger partial charge in [-0.15, -0.1) is 13.2 Å². The standard InChI is InChI=1S/C28H45N3O5/c1-9-13-19(6)30(15-11-3)26(35)23-28-16-18(5)27(7,36-28)21(24(33)29(8)14-10-2)22(28)25(34)31(23)20(12-4)17-32/h10-11,18-23,32H,2-3,9,12-17H2,1,4-8H3/t18?,19?,20-,21-,22-,23?,27+,28?/m0/s1. The predicted molar refractivity (Wildman–Crippen MR) is 139 cm³/mol. The third-order valence-electron chi connectivity index (χ3n) is 8.95. The van der Waals surface area contributed by atoms with Gasteiger partial charge in [0.15, 0.2) is 0 Å². The molecule has 2 bridgehead atoms. The molecular weight excluding hydrogens is 458 g/mol. The lowest BCUT2D eigenvalue weighted by Gasteiger charge is -2.41. The van der Waals surface area contributed by atoms with Gasteiger partial charge in [-0.25, -0.2) is 0 Å². The molecule has 3 aliphatic heterocycles. The normalized spacial score (nSPS) is 34.3. The van der Waals surface area contributed by atoms with Gasteiger partial charge in [-0.05, 0) is 39.0 Å². The molecule has 3 heterocycles. The molecule has 8 heteroatoms. The molecule has 0 radical (unpaired) electrons. The summed E-state index contributed by atoms with van der Waals surface area (Å²) in [5, 5.41) is 10.2. The number of likely N-dealkylation sites (tertiary alicyclic amines) is 1. The van der Waals surface area contributed by atoms with E-state index in [1.54, 1.807) is 33.9 Å². The van der Waals surface area contributed by atoms with Crippen molar-refractivity contribution >= 4 is 17.7 Å². The Morgan fingerprint density at radius 1 is 1.25 bits per heavy atom. The van der Waals surface area contributed by atoms with Gasteiger partial charge in [-0.3, -0.25) is 14.4 Å². The molecule has 0 aliphatic carbocycles. The molecule has 202 valence electrons. The molecule has 3 rings (SSSR count). The fourth-order valence-corrected chi connectivity index (χ4v) is 7.02. The van der Waals surface area contributed by atoms with Gasteiger partial charge in [0.25, 0.3) is 0 Å². The van der Waals surface area contributed by atoms with Crippen LogP contribution in [0, 0.1) is 17.8 Å². The van der Waals surface area contributed by atoms with Crippen molar-refractivity contribution in [3.8, 4) is 0 Å². The van der Waals surface area contributed by atoms with E-state index in [0.29, 0.717) is 25.9 Å². The van der Waals surface area contributed by atoms with Gasteiger partial charge in [-0.2, -0.15) is 0 Å². The first-order chi connectivity index (χ1) is 17.0. The first kappa shape index (κ1) is 28.4. The van der Waals surface area contributed by atoms with Crippen molar-refractivity contribution in [1.29, 1.82) is 0 Å². The summed E-state index contributed by atoms with van der Waals surface area (Å²) >= 11 is 0. The van der Waals surface area contributed by atoms with Gasteiger partial charge in [-0.1, -0.05) is 39.3 Å². The summed E-state index contributed by atoms with van der Waals surface area (Å²) in [6, 6.07) is -1.49. The van der Waals surface area contributed by atoms with Gasteiger partial charge >= 0.3 is 0 Å². The van der Waals surface area contributed by atoms with Gasteiger partial charge in [0.05, 0.1) is 30.1 Å². The van der Waals surface area contributed by atoms with Crippen LogP contribution in [0.15, 0.2) is 25.3 Å². The van der Waals surface area contributed by atoms with Crippen LogP contribution in [0.4, 0.5) is 0 Å². The van der Waals surface area contributed by atoms with Crippen molar-refractivity contribution in [2.75, 3.05) is 26.7 Å². The molecule has 1 spiro atoms. The van der Waals surface area contributed by atoms with Crippen molar-refractivity contribution in [1.82, 2.24) is 14.7 Å². The zero-order chi connectivity index (χ0) is 27.0. The minimum atomic E-state index is -1.12. The molecule has 3 aliphatic rings. The third-order valence-corrected chi connectivity index (χ3v) is 8.95. The predicted octanol–water partition coefficient (Wildman–Crippen LogP) is 2.62. The van der Waals surface area contributed by atoms with Crippen LogP contribution >= 0.6 is 0 Å². The lowest BCUT2D eigenvalue weighted by atomic mass is 9.62. The van der Waals surface area contributed by atoms with E-state index in [4.69, 9.17) is 4.74 Å². The lowest BCUT2D eigenvalue weighted by molar-refractivity contribution is -0.158. The van der Waals surface area contributed by atoms with Crippen LogP contribution in [-0.2, 0) is 19.1 Å². The first-order valence-corrected chi connectivity index (χ1v) is 13.4. The monoisotopic (exact) mass is 503 g/mol. The van der Waals surface area contributed by atoms with Crippen LogP contribution < -0.4 is 0 Å². The Morgan fingerprint density at radius 2 is 1.89 bits per heavy atom. The summed E-state index contributed by atoms with van der Waals surface area (Å²) in [5.74, 6) is -2.15. The van der Waals surface area contributed by atoms with E-state index < -0.39 is 35.1 Å². The summed E-state index contributed by atoms with van der Waals surface area (Å²) in [6.07, 6.45) is 6.09. The largest absolute Gasteiger partial charge is 0.394 e. The number of fused-ring (bicyclic) bond motifs is 1. The lowest BCUT2D eigenvalue weighted by Crippen LogP contribution is -2.60. The number of nitrogens with zero attached hydrogens (tertiary/aromatic N) is 3. The van der Waals surface area contributed by atoms with Crippen LogP contribution in [0.1, 0.15) is 60.3 Å². The molecule has 0 saturated carbocycles. The van der Waals surface area contributed by atoms with Crippen molar-refractivity contribution < 1.29 is 24.2 Å². The van der Waals surface area contributed by atoms with Crippen molar-refractivity contribution in [3.05, 3.63) is 25.3 Å². The third kappa shape index (κ3) is 4.10. The summed E-state index contributed by atoms with van der Waals surface area (Å²) in [6.45, 7) is 18.0. The maximum Gasteiger partial charge on any atom is 0.248 e. The smallest absolute Gasteiger partial charge is 0.248 e. The number of hydrogen-bond donors (Lipinski definition) is 1. The van der Waals surface area contributed by atoms with E-state index >= 15 is 0 Å². The second-order valence-electron chi connectivity index (χ2n) is 11.1. The first-order valence-electron chi connectivity index (χ1n) is 13.4. The second-order valence-corrected chi connectivity index (χ2v) is 11.1.